The van der Waals surface area contributed by atoms with Crippen LogP contribution in [0, 0.1) is 6.92 Å². The fourth-order valence-electron chi connectivity index (χ4n) is 0.676. The molecule has 0 saturated heterocycles. The summed E-state index contributed by atoms with van der Waals surface area (Å²) in [6, 6.07) is 0. The van der Waals surface area contributed by atoms with Gasteiger partial charge in [-0.15, -0.1) is 0 Å². The highest BCUT2D eigenvalue weighted by atomic mass is 16.5. The van der Waals surface area contributed by atoms with Crippen molar-refractivity contribution in [3.05, 3.63) is 11.7 Å². The number of aromatic nitrogens is 2. The summed E-state index contributed by atoms with van der Waals surface area (Å²) in [4.78, 5) is 3.91. The lowest BCUT2D eigenvalue weighted by molar-refractivity contribution is 0.181. The molecule has 0 aliphatic carbocycles. The molecule has 4 nitrogen and oxygen atoms in total. The molecule has 1 heterocycles. The number of aryl methyl sites for hydroxylation is 1. The van der Waals surface area contributed by atoms with E-state index in [0.29, 0.717) is 18.1 Å². The summed E-state index contributed by atoms with van der Waals surface area (Å²) in [5.41, 5.74) is 0. The number of hydrogen-bond acceptors (Lipinski definition) is 4. The Labute approximate surface area is 58.9 Å². The Kier molecular flexibility index (Phi) is 2.01. The smallest absolute Gasteiger partial charge is 0.229 e. The highest BCUT2D eigenvalue weighted by Gasteiger charge is 2.04. The fraction of sp³-hybridized carbons (Fsp3) is 0.667. The minimum atomic E-state index is -0.417. The van der Waals surface area contributed by atoms with Crippen molar-refractivity contribution in [2.75, 3.05) is 0 Å². The maximum absolute atomic E-state index is 8.89. The SMILES string of the molecule is Cc1noc(CC(C)O)n1. The largest absolute Gasteiger partial charge is 0.393 e. The highest BCUT2D eigenvalue weighted by molar-refractivity contribution is 4.83. The summed E-state index contributed by atoms with van der Waals surface area (Å²) >= 11 is 0. The van der Waals surface area contributed by atoms with Crippen molar-refractivity contribution in [3.63, 3.8) is 0 Å². The standard InChI is InChI=1S/C6H10N2O2/c1-4(9)3-6-7-5(2)8-10-6/h4,9H,3H2,1-2H3. The normalized spacial score (nSPS) is 13.5. The molecule has 0 aromatic carbocycles. The van der Waals surface area contributed by atoms with Gasteiger partial charge in [0.1, 0.15) is 0 Å². The summed E-state index contributed by atoms with van der Waals surface area (Å²) < 4.78 is 4.75. The van der Waals surface area contributed by atoms with Crippen LogP contribution in [0.15, 0.2) is 4.52 Å². The van der Waals surface area contributed by atoms with Crippen molar-refractivity contribution in [1.82, 2.24) is 10.1 Å². The van der Waals surface area contributed by atoms with Crippen molar-refractivity contribution in [3.8, 4) is 0 Å². The maximum atomic E-state index is 8.89. The summed E-state index contributed by atoms with van der Waals surface area (Å²) in [5.74, 6) is 1.10. The molecule has 0 fully saturated rings. The predicted octanol–water partition coefficient (Wildman–Crippen LogP) is 0.301. The van der Waals surface area contributed by atoms with Crippen LogP contribution in [0.25, 0.3) is 0 Å². The molecule has 0 spiro atoms. The van der Waals surface area contributed by atoms with Gasteiger partial charge in [0.05, 0.1) is 12.5 Å². The predicted molar refractivity (Wildman–Crippen MR) is 34.4 cm³/mol. The number of rotatable bonds is 2. The van der Waals surface area contributed by atoms with Crippen LogP contribution < -0.4 is 0 Å². The van der Waals surface area contributed by atoms with Crippen LogP contribution in [0.2, 0.25) is 0 Å². The average molecular weight is 142 g/mol. The lowest BCUT2D eigenvalue weighted by Gasteiger charge is -1.95. The zero-order valence-corrected chi connectivity index (χ0v) is 6.03. The van der Waals surface area contributed by atoms with Crippen LogP contribution >= 0.6 is 0 Å². The molecule has 10 heavy (non-hydrogen) atoms. The zero-order chi connectivity index (χ0) is 7.56. The van der Waals surface area contributed by atoms with E-state index in [1.54, 1.807) is 13.8 Å². The first-order valence-corrected chi connectivity index (χ1v) is 3.15. The average Bonchev–Trinajstić information content (AvgIpc) is 2.13. The lowest BCUT2D eigenvalue weighted by atomic mass is 10.3. The summed E-state index contributed by atoms with van der Waals surface area (Å²) in [5, 5.41) is 12.5. The van der Waals surface area contributed by atoms with Gasteiger partial charge in [-0.05, 0) is 13.8 Å². The molecule has 1 N–H and O–H groups in total. The monoisotopic (exact) mass is 142 g/mol. The molecular formula is C6H10N2O2. The molecular weight excluding hydrogens is 132 g/mol. The molecule has 56 valence electrons. The van der Waals surface area contributed by atoms with E-state index >= 15 is 0 Å². The molecule has 1 unspecified atom stereocenters. The van der Waals surface area contributed by atoms with Gasteiger partial charge < -0.3 is 9.63 Å². The third-order valence-corrected chi connectivity index (χ3v) is 1.04. The topological polar surface area (TPSA) is 59.2 Å². The summed E-state index contributed by atoms with van der Waals surface area (Å²) in [7, 11) is 0. The maximum Gasteiger partial charge on any atom is 0.229 e. The van der Waals surface area contributed by atoms with E-state index in [-0.39, 0.29) is 0 Å². The van der Waals surface area contributed by atoms with Crippen molar-refractivity contribution >= 4 is 0 Å². The minimum Gasteiger partial charge on any atom is -0.393 e. The number of aliphatic hydroxyl groups excluding tert-OH is 1. The van der Waals surface area contributed by atoms with E-state index in [4.69, 9.17) is 9.63 Å². The van der Waals surface area contributed by atoms with E-state index < -0.39 is 6.10 Å². The van der Waals surface area contributed by atoms with Gasteiger partial charge in [-0.1, -0.05) is 5.16 Å². The van der Waals surface area contributed by atoms with Crippen molar-refractivity contribution in [1.29, 1.82) is 0 Å². The zero-order valence-electron chi connectivity index (χ0n) is 6.03. The van der Waals surface area contributed by atoms with E-state index in [2.05, 4.69) is 10.1 Å². The third-order valence-electron chi connectivity index (χ3n) is 1.04. The van der Waals surface area contributed by atoms with Crippen molar-refractivity contribution in [2.24, 2.45) is 0 Å². The first-order chi connectivity index (χ1) is 4.68. The second-order valence-corrected chi connectivity index (χ2v) is 2.29. The highest BCUT2D eigenvalue weighted by Crippen LogP contribution is 1.99. The molecule has 1 aromatic heterocycles. The molecule has 0 saturated carbocycles. The van der Waals surface area contributed by atoms with Gasteiger partial charge in [-0.3, -0.25) is 0 Å². The summed E-state index contributed by atoms with van der Waals surface area (Å²) in [6.07, 6.45) is 0.0146. The molecule has 0 bridgehead atoms. The molecule has 1 aromatic rings. The van der Waals surface area contributed by atoms with Gasteiger partial charge in [0.25, 0.3) is 0 Å². The Morgan fingerprint density at radius 3 is 2.80 bits per heavy atom. The first kappa shape index (κ1) is 7.21. The summed E-state index contributed by atoms with van der Waals surface area (Å²) in [6.45, 7) is 3.43. The second kappa shape index (κ2) is 2.79. The van der Waals surface area contributed by atoms with E-state index in [9.17, 15) is 0 Å². The van der Waals surface area contributed by atoms with Crippen LogP contribution in [0.4, 0.5) is 0 Å². The Morgan fingerprint density at radius 1 is 1.70 bits per heavy atom. The first-order valence-electron chi connectivity index (χ1n) is 3.15. The number of hydrogen-bond donors (Lipinski definition) is 1. The van der Waals surface area contributed by atoms with Gasteiger partial charge in [-0.25, -0.2) is 0 Å². The Bertz CT molecular complexity index is 207. The molecule has 0 radical (unpaired) electrons. The Balaban J connectivity index is 2.58. The van der Waals surface area contributed by atoms with Crippen LogP contribution in [-0.2, 0) is 6.42 Å². The third kappa shape index (κ3) is 1.80. The molecule has 0 amide bonds. The van der Waals surface area contributed by atoms with Gasteiger partial charge in [0.15, 0.2) is 5.82 Å². The van der Waals surface area contributed by atoms with Gasteiger partial charge in [0, 0.05) is 0 Å². The van der Waals surface area contributed by atoms with Crippen LogP contribution in [0.3, 0.4) is 0 Å². The number of aliphatic hydroxyl groups is 1. The molecule has 1 rings (SSSR count). The fourth-order valence-corrected chi connectivity index (χ4v) is 0.676. The van der Waals surface area contributed by atoms with Crippen molar-refractivity contribution < 1.29 is 9.63 Å². The van der Waals surface area contributed by atoms with E-state index in [0.717, 1.165) is 0 Å². The Morgan fingerprint density at radius 2 is 2.40 bits per heavy atom. The van der Waals surface area contributed by atoms with Crippen molar-refractivity contribution in [2.45, 2.75) is 26.4 Å². The quantitative estimate of drug-likeness (QED) is 0.645. The van der Waals surface area contributed by atoms with E-state index in [1.807, 2.05) is 0 Å². The molecule has 1 atom stereocenters. The lowest BCUT2D eigenvalue weighted by Crippen LogP contribution is -2.04. The van der Waals surface area contributed by atoms with E-state index in [1.165, 1.54) is 0 Å². The Hall–Kier alpha value is -0.900. The number of nitrogens with zero attached hydrogens (tertiary/aromatic N) is 2. The van der Waals surface area contributed by atoms with Gasteiger partial charge >= 0.3 is 0 Å². The minimum absolute atomic E-state index is 0.417. The van der Waals surface area contributed by atoms with Gasteiger partial charge in [0.2, 0.25) is 5.89 Å². The van der Waals surface area contributed by atoms with Crippen LogP contribution in [0.1, 0.15) is 18.6 Å². The van der Waals surface area contributed by atoms with Crippen LogP contribution in [-0.4, -0.2) is 21.4 Å². The van der Waals surface area contributed by atoms with Gasteiger partial charge in [-0.2, -0.15) is 4.98 Å². The molecule has 0 aliphatic rings. The van der Waals surface area contributed by atoms with Crippen LogP contribution in [0.5, 0.6) is 0 Å². The second-order valence-electron chi connectivity index (χ2n) is 2.29. The molecule has 0 aliphatic heterocycles. The molecule has 4 heteroatoms.